The van der Waals surface area contributed by atoms with E-state index in [9.17, 15) is 9.90 Å². The fraction of sp³-hybridized carbons (Fsp3) is 0.188. The minimum atomic E-state index is -1.22. The monoisotopic (exact) mass is 290 g/mol. The Labute approximate surface area is 122 Å². The number of aliphatic hydroxyl groups is 1. The van der Waals surface area contributed by atoms with Gasteiger partial charge in [-0.2, -0.15) is 0 Å². The first-order valence-electron chi connectivity index (χ1n) is 6.20. The van der Waals surface area contributed by atoms with Gasteiger partial charge in [-0.05, 0) is 36.8 Å². The summed E-state index contributed by atoms with van der Waals surface area (Å²) in [6.45, 7) is 1.50. The van der Waals surface area contributed by atoms with Gasteiger partial charge in [0.15, 0.2) is 0 Å². The number of benzene rings is 2. The van der Waals surface area contributed by atoms with Crippen molar-refractivity contribution >= 4 is 17.6 Å². The fourth-order valence-electron chi connectivity index (χ4n) is 1.76. The van der Waals surface area contributed by atoms with Crippen LogP contribution in [0.5, 0.6) is 0 Å². The predicted octanol–water partition coefficient (Wildman–Crippen LogP) is 3.40. The van der Waals surface area contributed by atoms with Gasteiger partial charge >= 0.3 is 5.97 Å². The highest BCUT2D eigenvalue weighted by molar-refractivity contribution is 6.30. The Hall–Kier alpha value is -1.84. The van der Waals surface area contributed by atoms with E-state index < -0.39 is 11.6 Å². The van der Waals surface area contributed by atoms with Gasteiger partial charge in [0.05, 0.1) is 5.56 Å². The molecule has 2 rings (SSSR count). The van der Waals surface area contributed by atoms with Crippen LogP contribution in [-0.2, 0) is 10.3 Å². The van der Waals surface area contributed by atoms with Crippen molar-refractivity contribution in [3.05, 3.63) is 70.7 Å². The van der Waals surface area contributed by atoms with Gasteiger partial charge in [-0.15, -0.1) is 0 Å². The van der Waals surface area contributed by atoms with E-state index in [1.807, 2.05) is 18.2 Å². The molecule has 0 fully saturated rings. The average Bonchev–Trinajstić information content (AvgIpc) is 2.46. The molecule has 3 nitrogen and oxygen atoms in total. The number of hydrogen-bond acceptors (Lipinski definition) is 3. The maximum absolute atomic E-state index is 11.9. The van der Waals surface area contributed by atoms with Crippen molar-refractivity contribution in [2.45, 2.75) is 12.5 Å². The van der Waals surface area contributed by atoms with Crippen LogP contribution in [0, 0.1) is 0 Å². The summed E-state index contributed by atoms with van der Waals surface area (Å²) in [5.41, 5.74) is -0.120. The summed E-state index contributed by atoms with van der Waals surface area (Å²) in [4.78, 5) is 11.9. The number of carbonyl (C=O) groups excluding carboxylic acids is 1. The van der Waals surface area contributed by atoms with E-state index in [2.05, 4.69) is 0 Å². The van der Waals surface area contributed by atoms with Gasteiger partial charge in [-0.1, -0.05) is 41.9 Å². The van der Waals surface area contributed by atoms with Crippen LogP contribution >= 0.6 is 11.6 Å². The molecule has 1 unspecified atom stereocenters. The highest BCUT2D eigenvalue weighted by Gasteiger charge is 2.25. The minimum absolute atomic E-state index is 0.113. The van der Waals surface area contributed by atoms with Gasteiger partial charge in [0, 0.05) is 5.02 Å². The molecule has 0 aliphatic rings. The second kappa shape index (κ2) is 6.07. The number of rotatable bonds is 4. The van der Waals surface area contributed by atoms with Crippen LogP contribution < -0.4 is 0 Å². The molecule has 4 heteroatoms. The summed E-state index contributed by atoms with van der Waals surface area (Å²) < 4.78 is 5.16. The number of esters is 1. The third-order valence-electron chi connectivity index (χ3n) is 2.96. The van der Waals surface area contributed by atoms with E-state index in [1.54, 1.807) is 43.3 Å². The van der Waals surface area contributed by atoms with Crippen molar-refractivity contribution < 1.29 is 14.6 Å². The van der Waals surface area contributed by atoms with E-state index in [1.165, 1.54) is 0 Å². The van der Waals surface area contributed by atoms with Crippen LogP contribution in [0.1, 0.15) is 22.8 Å². The molecular weight excluding hydrogens is 276 g/mol. The second-order valence-corrected chi connectivity index (χ2v) is 5.16. The third-order valence-corrected chi connectivity index (χ3v) is 3.21. The lowest BCUT2D eigenvalue weighted by atomic mass is 9.97. The summed E-state index contributed by atoms with van der Waals surface area (Å²) in [5.74, 6) is -0.488. The standard InChI is InChI=1S/C16H15ClO3/c1-16(19,13-5-3-2-4-6-13)11-20-15(18)12-7-9-14(17)10-8-12/h2-10,19H,11H2,1H3. The zero-order valence-corrected chi connectivity index (χ0v) is 11.8. The molecule has 2 aromatic carbocycles. The lowest BCUT2D eigenvalue weighted by molar-refractivity contribution is -0.0240. The topological polar surface area (TPSA) is 46.5 Å². The zero-order chi connectivity index (χ0) is 14.6. The Morgan fingerprint density at radius 3 is 2.35 bits per heavy atom. The van der Waals surface area contributed by atoms with E-state index in [4.69, 9.17) is 16.3 Å². The summed E-state index contributed by atoms with van der Waals surface area (Å²) in [5, 5.41) is 10.9. The highest BCUT2D eigenvalue weighted by atomic mass is 35.5. The molecular formula is C16H15ClO3. The summed E-state index contributed by atoms with van der Waals surface area (Å²) >= 11 is 5.75. The molecule has 20 heavy (non-hydrogen) atoms. The van der Waals surface area contributed by atoms with Crippen molar-refractivity contribution in [1.82, 2.24) is 0 Å². The van der Waals surface area contributed by atoms with Crippen molar-refractivity contribution in [2.24, 2.45) is 0 Å². The Morgan fingerprint density at radius 2 is 1.75 bits per heavy atom. The molecule has 0 amide bonds. The number of hydrogen-bond donors (Lipinski definition) is 1. The number of ether oxygens (including phenoxy) is 1. The Kier molecular flexibility index (Phi) is 4.42. The Bertz CT molecular complexity index is 576. The van der Waals surface area contributed by atoms with E-state index >= 15 is 0 Å². The maximum atomic E-state index is 11.9. The van der Waals surface area contributed by atoms with Crippen molar-refractivity contribution in [1.29, 1.82) is 0 Å². The Morgan fingerprint density at radius 1 is 1.15 bits per heavy atom. The van der Waals surface area contributed by atoms with Gasteiger partial charge in [0.1, 0.15) is 12.2 Å². The number of carbonyl (C=O) groups is 1. The smallest absolute Gasteiger partial charge is 0.338 e. The number of halogens is 1. The van der Waals surface area contributed by atoms with Crippen LogP contribution in [0.25, 0.3) is 0 Å². The van der Waals surface area contributed by atoms with Crippen molar-refractivity contribution in [3.63, 3.8) is 0 Å². The first kappa shape index (κ1) is 14.6. The third kappa shape index (κ3) is 3.59. The molecule has 0 saturated carbocycles. The lowest BCUT2D eigenvalue weighted by Gasteiger charge is -2.23. The molecule has 0 aromatic heterocycles. The van der Waals surface area contributed by atoms with Gasteiger partial charge in [0.2, 0.25) is 0 Å². The van der Waals surface area contributed by atoms with Crippen molar-refractivity contribution in [2.75, 3.05) is 6.61 Å². The van der Waals surface area contributed by atoms with Crippen LogP contribution in [0.3, 0.4) is 0 Å². The van der Waals surface area contributed by atoms with Crippen LogP contribution in [0.15, 0.2) is 54.6 Å². The van der Waals surface area contributed by atoms with Crippen LogP contribution in [-0.4, -0.2) is 17.7 Å². The minimum Gasteiger partial charge on any atom is -0.459 e. The maximum Gasteiger partial charge on any atom is 0.338 e. The average molecular weight is 291 g/mol. The van der Waals surface area contributed by atoms with E-state index in [0.717, 1.165) is 0 Å². The van der Waals surface area contributed by atoms with Gasteiger partial charge < -0.3 is 9.84 Å². The molecule has 0 bridgehead atoms. The molecule has 1 atom stereocenters. The first-order valence-corrected chi connectivity index (χ1v) is 6.57. The molecule has 0 aliphatic carbocycles. The zero-order valence-electron chi connectivity index (χ0n) is 11.0. The lowest BCUT2D eigenvalue weighted by Crippen LogP contribution is -2.29. The normalized spacial score (nSPS) is 13.6. The summed E-state index contributed by atoms with van der Waals surface area (Å²) in [6, 6.07) is 15.5. The predicted molar refractivity (Wildman–Crippen MR) is 77.7 cm³/mol. The molecule has 0 aliphatic heterocycles. The largest absolute Gasteiger partial charge is 0.459 e. The van der Waals surface area contributed by atoms with Crippen LogP contribution in [0.4, 0.5) is 0 Å². The quantitative estimate of drug-likeness (QED) is 0.878. The summed E-state index contributed by atoms with van der Waals surface area (Å²) in [6.07, 6.45) is 0. The fourth-order valence-corrected chi connectivity index (χ4v) is 1.88. The molecule has 2 aromatic rings. The molecule has 1 N–H and O–H groups in total. The SMILES string of the molecule is CC(O)(COC(=O)c1ccc(Cl)cc1)c1ccccc1. The first-order chi connectivity index (χ1) is 9.49. The van der Waals surface area contributed by atoms with E-state index in [-0.39, 0.29) is 6.61 Å². The molecule has 0 saturated heterocycles. The van der Waals surface area contributed by atoms with Gasteiger partial charge in [-0.3, -0.25) is 0 Å². The Balaban J connectivity index is 2.01. The van der Waals surface area contributed by atoms with Crippen molar-refractivity contribution in [3.8, 4) is 0 Å². The molecule has 0 spiro atoms. The molecule has 104 valence electrons. The van der Waals surface area contributed by atoms with Crippen LogP contribution in [0.2, 0.25) is 5.02 Å². The molecule has 0 heterocycles. The summed E-state index contributed by atoms with van der Waals surface area (Å²) in [7, 11) is 0. The second-order valence-electron chi connectivity index (χ2n) is 4.72. The van der Waals surface area contributed by atoms with Gasteiger partial charge in [-0.25, -0.2) is 4.79 Å². The highest BCUT2D eigenvalue weighted by Crippen LogP contribution is 2.21. The molecule has 0 radical (unpaired) electrons. The van der Waals surface area contributed by atoms with E-state index in [0.29, 0.717) is 16.1 Å². The van der Waals surface area contributed by atoms with Gasteiger partial charge in [0.25, 0.3) is 0 Å².